The van der Waals surface area contributed by atoms with Crippen LogP contribution in [0.15, 0.2) is 40.6 Å². The number of hydrogen-bond donors (Lipinski definition) is 1. The molecule has 3 nitrogen and oxygen atoms in total. The SMILES string of the molecule is C[C@H](NS(=O)(=O)c1ccc(Cl)c(C(F)(F)F)c1)c1cccs1. The molecule has 2 rings (SSSR count). The molecule has 1 atom stereocenters. The number of rotatable bonds is 4. The molecule has 1 heterocycles. The van der Waals surface area contributed by atoms with Gasteiger partial charge in [-0.2, -0.15) is 13.2 Å². The van der Waals surface area contributed by atoms with Crippen molar-refractivity contribution in [1.82, 2.24) is 4.72 Å². The van der Waals surface area contributed by atoms with Crippen molar-refractivity contribution in [2.75, 3.05) is 0 Å². The molecule has 22 heavy (non-hydrogen) atoms. The van der Waals surface area contributed by atoms with Crippen LogP contribution in [0.2, 0.25) is 5.02 Å². The van der Waals surface area contributed by atoms with Gasteiger partial charge in [-0.15, -0.1) is 11.3 Å². The van der Waals surface area contributed by atoms with Gasteiger partial charge < -0.3 is 0 Å². The lowest BCUT2D eigenvalue weighted by Crippen LogP contribution is -2.26. The van der Waals surface area contributed by atoms with Crippen LogP contribution < -0.4 is 4.72 Å². The minimum atomic E-state index is -4.72. The maximum absolute atomic E-state index is 12.8. The van der Waals surface area contributed by atoms with E-state index in [0.29, 0.717) is 6.07 Å². The van der Waals surface area contributed by atoms with Crippen molar-refractivity contribution in [2.24, 2.45) is 0 Å². The van der Waals surface area contributed by atoms with E-state index in [0.717, 1.165) is 17.0 Å². The van der Waals surface area contributed by atoms with Gasteiger partial charge in [0.15, 0.2) is 0 Å². The van der Waals surface area contributed by atoms with Gasteiger partial charge in [0.25, 0.3) is 0 Å². The molecule has 0 aliphatic heterocycles. The zero-order valence-electron chi connectivity index (χ0n) is 11.2. The number of hydrogen-bond acceptors (Lipinski definition) is 3. The summed E-state index contributed by atoms with van der Waals surface area (Å²) in [6.45, 7) is 1.62. The normalized spacial score (nSPS) is 14.0. The topological polar surface area (TPSA) is 46.2 Å². The van der Waals surface area contributed by atoms with Gasteiger partial charge in [-0.1, -0.05) is 17.7 Å². The summed E-state index contributed by atoms with van der Waals surface area (Å²) in [5.74, 6) is 0. The van der Waals surface area contributed by atoms with Crippen LogP contribution in [0.5, 0.6) is 0 Å². The molecule has 1 aromatic heterocycles. The second-order valence-electron chi connectivity index (χ2n) is 4.50. The maximum Gasteiger partial charge on any atom is 0.417 e. The lowest BCUT2D eigenvalue weighted by molar-refractivity contribution is -0.137. The Morgan fingerprint density at radius 3 is 2.50 bits per heavy atom. The lowest BCUT2D eigenvalue weighted by Gasteiger charge is -2.15. The van der Waals surface area contributed by atoms with Crippen molar-refractivity contribution in [1.29, 1.82) is 0 Å². The molecule has 0 saturated carbocycles. The summed E-state index contributed by atoms with van der Waals surface area (Å²) >= 11 is 6.83. The number of nitrogens with one attached hydrogen (secondary N) is 1. The molecule has 9 heteroatoms. The summed E-state index contributed by atoms with van der Waals surface area (Å²) in [7, 11) is -4.09. The molecule has 2 aromatic rings. The molecule has 1 N–H and O–H groups in total. The minimum absolute atomic E-state index is 0.479. The number of alkyl halides is 3. The Hall–Kier alpha value is -1.09. The second-order valence-corrected chi connectivity index (χ2v) is 7.60. The number of benzene rings is 1. The van der Waals surface area contributed by atoms with Crippen LogP contribution in [0.25, 0.3) is 0 Å². The Morgan fingerprint density at radius 2 is 1.95 bits per heavy atom. The summed E-state index contributed by atoms with van der Waals surface area (Å²) in [6.07, 6.45) is -4.72. The summed E-state index contributed by atoms with van der Waals surface area (Å²) < 4.78 is 65.2. The molecule has 0 amide bonds. The van der Waals surface area contributed by atoms with Crippen LogP contribution in [-0.4, -0.2) is 8.42 Å². The molecule has 0 fully saturated rings. The molecule has 120 valence electrons. The van der Waals surface area contributed by atoms with E-state index in [9.17, 15) is 21.6 Å². The van der Waals surface area contributed by atoms with E-state index in [4.69, 9.17) is 11.6 Å². The number of halogens is 4. The minimum Gasteiger partial charge on any atom is -0.207 e. The van der Waals surface area contributed by atoms with Gasteiger partial charge >= 0.3 is 6.18 Å². The van der Waals surface area contributed by atoms with E-state index < -0.39 is 37.7 Å². The highest BCUT2D eigenvalue weighted by Gasteiger charge is 2.34. The largest absolute Gasteiger partial charge is 0.417 e. The van der Waals surface area contributed by atoms with Crippen LogP contribution >= 0.6 is 22.9 Å². The molecule has 0 bridgehead atoms. The monoisotopic (exact) mass is 369 g/mol. The Bertz CT molecular complexity index is 758. The van der Waals surface area contributed by atoms with Crippen LogP contribution in [0.3, 0.4) is 0 Å². The van der Waals surface area contributed by atoms with E-state index in [1.165, 1.54) is 11.3 Å². The Balaban J connectivity index is 2.34. The third-order valence-corrected chi connectivity index (χ3v) is 5.78. The second kappa shape index (κ2) is 6.19. The predicted octanol–water partition coefficient (Wildman–Crippen LogP) is 4.46. The van der Waals surface area contributed by atoms with Crippen molar-refractivity contribution in [3.63, 3.8) is 0 Å². The van der Waals surface area contributed by atoms with Crippen LogP contribution in [0.4, 0.5) is 13.2 Å². The first kappa shape index (κ1) is 17.3. The van der Waals surface area contributed by atoms with Gasteiger partial charge in [-0.05, 0) is 36.6 Å². The van der Waals surface area contributed by atoms with Gasteiger partial charge in [0, 0.05) is 4.88 Å². The first-order valence-electron chi connectivity index (χ1n) is 6.04. The van der Waals surface area contributed by atoms with Crippen molar-refractivity contribution in [3.8, 4) is 0 Å². The molecular formula is C13H11ClF3NO2S2. The van der Waals surface area contributed by atoms with E-state index >= 15 is 0 Å². The molecular weight excluding hydrogens is 359 g/mol. The van der Waals surface area contributed by atoms with Crippen molar-refractivity contribution in [2.45, 2.75) is 24.0 Å². The van der Waals surface area contributed by atoms with Gasteiger partial charge in [-0.25, -0.2) is 13.1 Å². The van der Waals surface area contributed by atoms with Gasteiger partial charge in [0.2, 0.25) is 10.0 Å². The van der Waals surface area contributed by atoms with Gasteiger partial charge in [-0.3, -0.25) is 0 Å². The Labute approximate surface area is 134 Å². The number of thiophene rings is 1. The summed E-state index contributed by atoms with van der Waals surface area (Å²) in [6, 6.07) is 5.45. The molecule has 0 saturated heterocycles. The number of sulfonamides is 1. The molecule has 0 aliphatic rings. The Kier molecular flexibility index (Phi) is 4.86. The predicted molar refractivity (Wildman–Crippen MR) is 79.5 cm³/mol. The van der Waals surface area contributed by atoms with Gasteiger partial charge in [0.05, 0.1) is 21.5 Å². The molecule has 0 aliphatic carbocycles. The van der Waals surface area contributed by atoms with Crippen molar-refractivity contribution in [3.05, 3.63) is 51.2 Å². The first-order valence-corrected chi connectivity index (χ1v) is 8.78. The molecule has 0 radical (unpaired) electrons. The molecule has 0 spiro atoms. The van der Waals surface area contributed by atoms with Crippen LogP contribution in [-0.2, 0) is 16.2 Å². The van der Waals surface area contributed by atoms with Crippen molar-refractivity contribution >= 4 is 33.0 Å². The van der Waals surface area contributed by atoms with E-state index in [1.807, 2.05) is 0 Å². The summed E-state index contributed by atoms with van der Waals surface area (Å²) in [4.78, 5) is 0.279. The van der Waals surface area contributed by atoms with E-state index in [-0.39, 0.29) is 0 Å². The lowest BCUT2D eigenvalue weighted by atomic mass is 10.2. The average Bonchev–Trinajstić information content (AvgIpc) is 2.90. The van der Waals surface area contributed by atoms with Crippen molar-refractivity contribution < 1.29 is 21.6 Å². The Morgan fingerprint density at radius 1 is 1.27 bits per heavy atom. The average molecular weight is 370 g/mol. The van der Waals surface area contributed by atoms with E-state index in [1.54, 1.807) is 24.4 Å². The van der Waals surface area contributed by atoms with Crippen LogP contribution in [0.1, 0.15) is 23.4 Å². The zero-order chi connectivity index (χ0) is 16.5. The highest BCUT2D eigenvalue weighted by atomic mass is 35.5. The van der Waals surface area contributed by atoms with Gasteiger partial charge in [0.1, 0.15) is 0 Å². The summed E-state index contributed by atoms with van der Waals surface area (Å²) in [5.41, 5.74) is -1.18. The van der Waals surface area contributed by atoms with Crippen LogP contribution in [0, 0.1) is 0 Å². The zero-order valence-corrected chi connectivity index (χ0v) is 13.6. The summed E-state index contributed by atoms with van der Waals surface area (Å²) in [5, 5.41) is 1.24. The maximum atomic E-state index is 12.8. The third kappa shape index (κ3) is 3.81. The third-order valence-electron chi connectivity index (χ3n) is 2.86. The van der Waals surface area contributed by atoms with E-state index in [2.05, 4.69) is 4.72 Å². The fourth-order valence-electron chi connectivity index (χ4n) is 1.79. The molecule has 0 unspecified atom stereocenters. The smallest absolute Gasteiger partial charge is 0.207 e. The highest BCUT2D eigenvalue weighted by Crippen LogP contribution is 2.36. The quantitative estimate of drug-likeness (QED) is 0.864. The first-order chi connectivity index (χ1) is 10.1. The highest BCUT2D eigenvalue weighted by molar-refractivity contribution is 7.89. The fourth-order valence-corrected chi connectivity index (χ4v) is 4.07. The molecule has 1 aromatic carbocycles. The standard InChI is InChI=1S/C13H11ClF3NO2S2/c1-8(12-3-2-6-21-12)18-22(19,20)9-4-5-11(14)10(7-9)13(15,16)17/h2-8,18H,1H3/t8-/m0/s1. The fraction of sp³-hybridized carbons (Fsp3) is 0.231.